The summed E-state index contributed by atoms with van der Waals surface area (Å²) in [5.41, 5.74) is 0.649. The second-order valence-corrected chi connectivity index (χ2v) is 6.08. The van der Waals surface area contributed by atoms with Gasteiger partial charge in [-0.15, -0.1) is 0 Å². The maximum absolute atomic E-state index is 3.76. The molecule has 0 aromatic heterocycles. The van der Waals surface area contributed by atoms with E-state index < -0.39 is 0 Å². The largest absolute Gasteiger partial charge is 0.314 e. The van der Waals surface area contributed by atoms with Crippen molar-refractivity contribution in [1.29, 1.82) is 0 Å². The molecule has 0 aliphatic heterocycles. The van der Waals surface area contributed by atoms with Gasteiger partial charge in [-0.2, -0.15) is 0 Å². The van der Waals surface area contributed by atoms with Crippen LogP contribution in [-0.4, -0.2) is 12.6 Å². The Hall–Kier alpha value is -0.0400. The first kappa shape index (κ1) is 10.5. The van der Waals surface area contributed by atoms with Crippen molar-refractivity contribution >= 4 is 0 Å². The van der Waals surface area contributed by atoms with Gasteiger partial charge in [0.15, 0.2) is 0 Å². The molecule has 0 heterocycles. The van der Waals surface area contributed by atoms with Gasteiger partial charge in [0.1, 0.15) is 0 Å². The first-order valence-corrected chi connectivity index (χ1v) is 6.35. The summed E-state index contributed by atoms with van der Waals surface area (Å²) >= 11 is 0. The highest BCUT2D eigenvalue weighted by atomic mass is 14.9. The minimum absolute atomic E-state index is 0.649. The highest BCUT2D eigenvalue weighted by molar-refractivity contribution is 4.97. The zero-order valence-corrected chi connectivity index (χ0v) is 9.97. The molecule has 2 saturated carbocycles. The van der Waals surface area contributed by atoms with Crippen LogP contribution >= 0.6 is 0 Å². The molecule has 2 aliphatic carbocycles. The molecule has 1 nitrogen and oxygen atoms in total. The maximum Gasteiger partial charge on any atom is 0.00699 e. The van der Waals surface area contributed by atoms with Crippen LogP contribution in [0.4, 0.5) is 0 Å². The Morgan fingerprint density at radius 3 is 2.50 bits per heavy atom. The molecule has 2 rings (SSSR count). The van der Waals surface area contributed by atoms with Gasteiger partial charge in [-0.3, -0.25) is 0 Å². The van der Waals surface area contributed by atoms with Crippen LogP contribution < -0.4 is 5.32 Å². The molecule has 0 radical (unpaired) electrons. The molecule has 0 aromatic carbocycles. The molecule has 3 unspecified atom stereocenters. The van der Waals surface area contributed by atoms with Gasteiger partial charge < -0.3 is 5.32 Å². The van der Waals surface area contributed by atoms with Crippen LogP contribution in [0.3, 0.4) is 0 Å². The average Bonchev–Trinajstić information content (AvgIpc) is 2.62. The van der Waals surface area contributed by atoms with Crippen molar-refractivity contribution in [2.24, 2.45) is 17.3 Å². The van der Waals surface area contributed by atoms with E-state index in [1.54, 1.807) is 0 Å². The smallest absolute Gasteiger partial charge is 0.00699 e. The molecule has 82 valence electrons. The van der Waals surface area contributed by atoms with Gasteiger partial charge in [-0.05, 0) is 49.5 Å². The number of rotatable bonds is 4. The van der Waals surface area contributed by atoms with E-state index in [-0.39, 0.29) is 0 Å². The standard InChI is InChI=1S/C13H25N/c1-4-10-5-6-12(7-10)14-9-11-8-13(11,2)3/h10-12,14H,4-9H2,1-3H3. The van der Waals surface area contributed by atoms with Gasteiger partial charge in [0, 0.05) is 6.04 Å². The molecule has 14 heavy (non-hydrogen) atoms. The monoisotopic (exact) mass is 195 g/mol. The van der Waals surface area contributed by atoms with Crippen molar-refractivity contribution in [1.82, 2.24) is 5.32 Å². The van der Waals surface area contributed by atoms with Crippen molar-refractivity contribution in [2.75, 3.05) is 6.54 Å². The normalized spacial score (nSPS) is 40.1. The number of hydrogen-bond acceptors (Lipinski definition) is 1. The van der Waals surface area contributed by atoms with Crippen LogP contribution in [0.1, 0.15) is 52.9 Å². The fraction of sp³-hybridized carbons (Fsp3) is 1.00. The van der Waals surface area contributed by atoms with Crippen molar-refractivity contribution < 1.29 is 0 Å². The average molecular weight is 195 g/mol. The van der Waals surface area contributed by atoms with Crippen LogP contribution in [0.15, 0.2) is 0 Å². The van der Waals surface area contributed by atoms with Gasteiger partial charge >= 0.3 is 0 Å². The summed E-state index contributed by atoms with van der Waals surface area (Å²) in [4.78, 5) is 0. The SMILES string of the molecule is CCC1CCC(NCC2CC2(C)C)C1. The molecule has 1 N–H and O–H groups in total. The quantitative estimate of drug-likeness (QED) is 0.726. The Kier molecular flexibility index (Phi) is 2.88. The Morgan fingerprint density at radius 1 is 1.29 bits per heavy atom. The first-order valence-electron chi connectivity index (χ1n) is 6.35. The summed E-state index contributed by atoms with van der Waals surface area (Å²) in [6.07, 6.45) is 7.13. The fourth-order valence-corrected chi connectivity index (χ4v) is 2.86. The van der Waals surface area contributed by atoms with E-state index in [0.717, 1.165) is 17.9 Å². The molecule has 0 bridgehead atoms. The van der Waals surface area contributed by atoms with Crippen LogP contribution in [0.5, 0.6) is 0 Å². The molecule has 0 amide bonds. The van der Waals surface area contributed by atoms with E-state index >= 15 is 0 Å². The lowest BCUT2D eigenvalue weighted by molar-refractivity contribution is 0.445. The van der Waals surface area contributed by atoms with Gasteiger partial charge in [0.2, 0.25) is 0 Å². The fourth-order valence-electron chi connectivity index (χ4n) is 2.86. The van der Waals surface area contributed by atoms with Crippen LogP contribution in [0, 0.1) is 17.3 Å². The second kappa shape index (κ2) is 3.84. The topological polar surface area (TPSA) is 12.0 Å². The second-order valence-electron chi connectivity index (χ2n) is 6.08. The van der Waals surface area contributed by atoms with Crippen molar-refractivity contribution in [3.05, 3.63) is 0 Å². The summed E-state index contributed by atoms with van der Waals surface area (Å²) in [6.45, 7) is 8.39. The van der Waals surface area contributed by atoms with Crippen LogP contribution in [0.2, 0.25) is 0 Å². The van der Waals surface area contributed by atoms with Gasteiger partial charge in [0.05, 0.1) is 0 Å². The molecule has 0 spiro atoms. The third kappa shape index (κ3) is 2.31. The van der Waals surface area contributed by atoms with Crippen LogP contribution in [0.25, 0.3) is 0 Å². The molecule has 1 heteroatoms. The highest BCUT2D eigenvalue weighted by Crippen LogP contribution is 2.51. The van der Waals surface area contributed by atoms with E-state index in [9.17, 15) is 0 Å². The summed E-state index contributed by atoms with van der Waals surface area (Å²) in [7, 11) is 0. The van der Waals surface area contributed by atoms with Crippen molar-refractivity contribution in [3.8, 4) is 0 Å². The minimum Gasteiger partial charge on any atom is -0.314 e. The first-order chi connectivity index (χ1) is 6.62. The molecule has 2 aliphatic rings. The summed E-state index contributed by atoms with van der Waals surface area (Å²) in [6, 6.07) is 0.844. The maximum atomic E-state index is 3.76. The summed E-state index contributed by atoms with van der Waals surface area (Å²) < 4.78 is 0. The lowest BCUT2D eigenvalue weighted by atomic mass is 10.1. The van der Waals surface area contributed by atoms with E-state index in [1.165, 1.54) is 38.6 Å². The minimum atomic E-state index is 0.649. The molecule has 0 saturated heterocycles. The summed E-state index contributed by atoms with van der Waals surface area (Å²) in [5, 5.41) is 3.76. The van der Waals surface area contributed by atoms with E-state index in [2.05, 4.69) is 26.1 Å². The number of nitrogens with one attached hydrogen (secondary N) is 1. The van der Waals surface area contributed by atoms with Gasteiger partial charge in [0.25, 0.3) is 0 Å². The van der Waals surface area contributed by atoms with E-state index in [0.29, 0.717) is 5.41 Å². The molecule has 2 fully saturated rings. The Labute approximate surface area is 88.7 Å². The third-order valence-electron chi connectivity index (χ3n) is 4.49. The molecular formula is C13H25N. The van der Waals surface area contributed by atoms with E-state index in [1.807, 2.05) is 0 Å². The lowest BCUT2D eigenvalue weighted by Gasteiger charge is -2.13. The molecule has 3 atom stereocenters. The van der Waals surface area contributed by atoms with Crippen molar-refractivity contribution in [3.63, 3.8) is 0 Å². The Bertz CT molecular complexity index is 197. The van der Waals surface area contributed by atoms with E-state index in [4.69, 9.17) is 0 Å². The predicted molar refractivity (Wildman–Crippen MR) is 61.3 cm³/mol. The Morgan fingerprint density at radius 2 is 2.00 bits per heavy atom. The van der Waals surface area contributed by atoms with Crippen molar-refractivity contribution in [2.45, 2.75) is 58.9 Å². The highest BCUT2D eigenvalue weighted by Gasteiger charge is 2.45. The lowest BCUT2D eigenvalue weighted by Crippen LogP contribution is -2.29. The predicted octanol–water partition coefficient (Wildman–Crippen LogP) is 3.20. The van der Waals surface area contributed by atoms with Gasteiger partial charge in [-0.25, -0.2) is 0 Å². The summed E-state index contributed by atoms with van der Waals surface area (Å²) in [5.74, 6) is 1.97. The van der Waals surface area contributed by atoms with Crippen LogP contribution in [-0.2, 0) is 0 Å². The zero-order chi connectivity index (χ0) is 10.2. The number of hydrogen-bond donors (Lipinski definition) is 1. The zero-order valence-electron chi connectivity index (χ0n) is 9.97. The Balaban J connectivity index is 1.63. The third-order valence-corrected chi connectivity index (χ3v) is 4.49. The molecule has 0 aromatic rings. The van der Waals surface area contributed by atoms with Gasteiger partial charge in [-0.1, -0.05) is 27.2 Å². The molecular weight excluding hydrogens is 170 g/mol.